The summed E-state index contributed by atoms with van der Waals surface area (Å²) in [5.41, 5.74) is 2.40. The number of hydrogen-bond acceptors (Lipinski definition) is 4. The van der Waals surface area contributed by atoms with Crippen molar-refractivity contribution in [2.45, 2.75) is 52.6 Å². The molecule has 0 aromatic carbocycles. The molecule has 118 valence electrons. The first-order chi connectivity index (χ1) is 9.94. The molecule has 0 spiro atoms. The summed E-state index contributed by atoms with van der Waals surface area (Å²) < 4.78 is 5.78. The van der Waals surface area contributed by atoms with Gasteiger partial charge in [0.15, 0.2) is 0 Å². The fraction of sp³-hybridized carbons (Fsp3) is 0.706. The van der Waals surface area contributed by atoms with Crippen LogP contribution in [0.4, 0.5) is 0 Å². The second-order valence-corrected chi connectivity index (χ2v) is 6.89. The third-order valence-corrected chi connectivity index (χ3v) is 3.84. The van der Waals surface area contributed by atoms with Crippen molar-refractivity contribution >= 4 is 0 Å². The Morgan fingerprint density at radius 3 is 2.57 bits per heavy atom. The summed E-state index contributed by atoms with van der Waals surface area (Å²) in [6.07, 6.45) is 2.65. The highest BCUT2D eigenvalue weighted by Gasteiger charge is 2.12. The highest BCUT2D eigenvalue weighted by atomic mass is 16.5. The molecule has 0 aliphatic carbocycles. The van der Waals surface area contributed by atoms with Crippen molar-refractivity contribution in [2.24, 2.45) is 0 Å². The van der Waals surface area contributed by atoms with Gasteiger partial charge in [0.2, 0.25) is 5.88 Å². The van der Waals surface area contributed by atoms with Crippen LogP contribution < -0.4 is 10.1 Å². The summed E-state index contributed by atoms with van der Waals surface area (Å²) >= 11 is 0. The summed E-state index contributed by atoms with van der Waals surface area (Å²) in [6.45, 7) is 13.6. The molecule has 0 unspecified atom stereocenters. The minimum atomic E-state index is 0.122. The van der Waals surface area contributed by atoms with Crippen molar-refractivity contribution in [3.8, 4) is 5.88 Å². The number of nitrogens with zero attached hydrogens (tertiary/aromatic N) is 2. The molecule has 2 rings (SSSR count). The first-order valence-electron chi connectivity index (χ1n) is 8.01. The lowest BCUT2D eigenvalue weighted by molar-refractivity contribution is 0.231. The Morgan fingerprint density at radius 2 is 1.95 bits per heavy atom. The smallest absolute Gasteiger partial charge is 0.213 e. The van der Waals surface area contributed by atoms with Crippen LogP contribution in [0.15, 0.2) is 12.1 Å². The van der Waals surface area contributed by atoms with Crippen molar-refractivity contribution in [1.29, 1.82) is 0 Å². The molecule has 0 radical (unpaired) electrons. The van der Waals surface area contributed by atoms with Crippen LogP contribution in [0.1, 0.15) is 44.9 Å². The number of hydrogen-bond donors (Lipinski definition) is 1. The Hall–Kier alpha value is -1.13. The van der Waals surface area contributed by atoms with E-state index in [9.17, 15) is 0 Å². The molecule has 0 atom stereocenters. The molecule has 1 saturated heterocycles. The normalized spacial score (nSPS) is 16.4. The summed E-state index contributed by atoms with van der Waals surface area (Å²) in [5, 5.41) is 3.49. The standard InChI is InChI=1S/C17H29N3O/c1-14-15(13-18-17(2,3)4)7-8-16(19-14)21-12-11-20-9-5-6-10-20/h7-8,18H,5-6,9-13H2,1-4H3. The second-order valence-electron chi connectivity index (χ2n) is 6.89. The average molecular weight is 291 g/mol. The van der Waals surface area contributed by atoms with Gasteiger partial charge in [-0.05, 0) is 59.2 Å². The van der Waals surface area contributed by atoms with Crippen LogP contribution in [0.2, 0.25) is 0 Å². The van der Waals surface area contributed by atoms with E-state index in [0.29, 0.717) is 0 Å². The average Bonchev–Trinajstić information content (AvgIpc) is 2.90. The molecule has 0 bridgehead atoms. The van der Waals surface area contributed by atoms with Gasteiger partial charge in [0.1, 0.15) is 6.61 Å². The molecule has 4 nitrogen and oxygen atoms in total. The maximum Gasteiger partial charge on any atom is 0.213 e. The summed E-state index contributed by atoms with van der Waals surface area (Å²) in [7, 11) is 0. The van der Waals surface area contributed by atoms with Crippen molar-refractivity contribution in [1.82, 2.24) is 15.2 Å². The van der Waals surface area contributed by atoms with Crippen molar-refractivity contribution in [3.63, 3.8) is 0 Å². The Balaban J connectivity index is 1.80. The second kappa shape index (κ2) is 7.23. The molecule has 1 fully saturated rings. The largest absolute Gasteiger partial charge is 0.476 e. The molecule has 0 amide bonds. The number of rotatable bonds is 6. The molecule has 1 N–H and O–H groups in total. The van der Waals surface area contributed by atoms with Crippen molar-refractivity contribution in [2.75, 3.05) is 26.2 Å². The molecule has 0 saturated carbocycles. The highest BCUT2D eigenvalue weighted by Crippen LogP contribution is 2.14. The van der Waals surface area contributed by atoms with Gasteiger partial charge in [0.25, 0.3) is 0 Å². The topological polar surface area (TPSA) is 37.4 Å². The van der Waals surface area contributed by atoms with E-state index in [1.165, 1.54) is 31.5 Å². The number of likely N-dealkylation sites (tertiary alicyclic amines) is 1. The predicted octanol–water partition coefficient (Wildman–Crippen LogP) is 2.75. The third kappa shape index (κ3) is 5.64. The fourth-order valence-electron chi connectivity index (χ4n) is 2.48. The molecule has 21 heavy (non-hydrogen) atoms. The molecule has 2 heterocycles. The van der Waals surface area contributed by atoms with Gasteiger partial charge in [0, 0.05) is 30.4 Å². The van der Waals surface area contributed by atoms with Crippen LogP contribution in [-0.4, -0.2) is 41.7 Å². The van der Waals surface area contributed by atoms with Gasteiger partial charge >= 0.3 is 0 Å². The third-order valence-electron chi connectivity index (χ3n) is 3.84. The Bertz CT molecular complexity index is 448. The van der Waals surface area contributed by atoms with Gasteiger partial charge in [-0.2, -0.15) is 0 Å². The fourth-order valence-corrected chi connectivity index (χ4v) is 2.48. The van der Waals surface area contributed by atoms with Crippen LogP contribution in [0.25, 0.3) is 0 Å². The van der Waals surface area contributed by atoms with Crippen LogP contribution >= 0.6 is 0 Å². The SMILES string of the molecule is Cc1nc(OCCN2CCCC2)ccc1CNC(C)(C)C. The van der Waals surface area contributed by atoms with E-state index in [1.54, 1.807) is 0 Å². The number of nitrogens with one attached hydrogen (secondary N) is 1. The molecule has 4 heteroatoms. The number of aromatic nitrogens is 1. The van der Waals surface area contributed by atoms with Crippen LogP contribution in [0.3, 0.4) is 0 Å². The maximum absolute atomic E-state index is 5.78. The molecule has 1 aromatic heterocycles. The van der Waals surface area contributed by atoms with E-state index in [4.69, 9.17) is 4.74 Å². The lowest BCUT2D eigenvalue weighted by atomic mass is 10.1. The zero-order valence-electron chi connectivity index (χ0n) is 13.9. The molecule has 1 aliphatic rings. The van der Waals surface area contributed by atoms with Crippen LogP contribution in [0.5, 0.6) is 5.88 Å². The number of pyridine rings is 1. The van der Waals surface area contributed by atoms with E-state index in [-0.39, 0.29) is 5.54 Å². The monoisotopic (exact) mass is 291 g/mol. The first-order valence-corrected chi connectivity index (χ1v) is 8.01. The Morgan fingerprint density at radius 1 is 1.24 bits per heavy atom. The molecular formula is C17H29N3O. The van der Waals surface area contributed by atoms with Gasteiger partial charge in [-0.3, -0.25) is 4.90 Å². The van der Waals surface area contributed by atoms with E-state index in [1.807, 2.05) is 13.0 Å². The van der Waals surface area contributed by atoms with E-state index >= 15 is 0 Å². The zero-order valence-corrected chi connectivity index (χ0v) is 13.9. The maximum atomic E-state index is 5.78. The van der Waals surface area contributed by atoms with E-state index in [2.05, 4.69) is 42.0 Å². The Labute approximate surface area is 128 Å². The number of ether oxygens (including phenoxy) is 1. The summed E-state index contributed by atoms with van der Waals surface area (Å²) in [4.78, 5) is 7.01. The quantitative estimate of drug-likeness (QED) is 0.874. The van der Waals surface area contributed by atoms with E-state index < -0.39 is 0 Å². The van der Waals surface area contributed by atoms with E-state index in [0.717, 1.165) is 31.3 Å². The number of aryl methyl sites for hydroxylation is 1. The van der Waals surface area contributed by atoms with Crippen LogP contribution in [0, 0.1) is 6.92 Å². The highest BCUT2D eigenvalue weighted by molar-refractivity contribution is 5.25. The first kappa shape index (κ1) is 16.2. The molecule has 1 aliphatic heterocycles. The van der Waals surface area contributed by atoms with Gasteiger partial charge in [0.05, 0.1) is 0 Å². The van der Waals surface area contributed by atoms with Gasteiger partial charge in [-0.25, -0.2) is 4.98 Å². The zero-order chi connectivity index (χ0) is 15.3. The summed E-state index contributed by atoms with van der Waals surface area (Å²) in [6, 6.07) is 4.10. The van der Waals surface area contributed by atoms with Gasteiger partial charge < -0.3 is 10.1 Å². The lowest BCUT2D eigenvalue weighted by Crippen LogP contribution is -2.35. The van der Waals surface area contributed by atoms with Crippen LogP contribution in [-0.2, 0) is 6.54 Å². The lowest BCUT2D eigenvalue weighted by Gasteiger charge is -2.21. The minimum Gasteiger partial charge on any atom is -0.476 e. The van der Waals surface area contributed by atoms with Crippen molar-refractivity contribution in [3.05, 3.63) is 23.4 Å². The summed E-state index contributed by atoms with van der Waals surface area (Å²) in [5.74, 6) is 0.742. The Kier molecular flexibility index (Phi) is 5.59. The molecule has 1 aromatic rings. The van der Waals surface area contributed by atoms with Gasteiger partial charge in [-0.15, -0.1) is 0 Å². The van der Waals surface area contributed by atoms with Crippen molar-refractivity contribution < 1.29 is 4.74 Å². The van der Waals surface area contributed by atoms with Gasteiger partial charge in [-0.1, -0.05) is 6.07 Å². The predicted molar refractivity (Wildman–Crippen MR) is 86.7 cm³/mol. The molecular weight excluding hydrogens is 262 g/mol. The minimum absolute atomic E-state index is 0.122.